The van der Waals surface area contributed by atoms with Gasteiger partial charge < -0.3 is 29.0 Å². The molecule has 11 nitrogen and oxygen atoms in total. The highest BCUT2D eigenvalue weighted by Gasteiger charge is 2.72. The Morgan fingerprint density at radius 2 is 1.88 bits per heavy atom. The number of rotatable bonds is 8. The van der Waals surface area contributed by atoms with Crippen LogP contribution in [0.5, 0.6) is 5.75 Å². The van der Waals surface area contributed by atoms with Gasteiger partial charge in [0.15, 0.2) is 24.3 Å². The van der Waals surface area contributed by atoms with Gasteiger partial charge in [-0.25, -0.2) is 4.79 Å². The zero-order valence-electron chi connectivity index (χ0n) is 23.1. The molecule has 1 spiro atoms. The van der Waals surface area contributed by atoms with Gasteiger partial charge in [-0.05, 0) is 64.9 Å². The number of carbonyl (C=O) groups excluding carboxylic acids is 5. The summed E-state index contributed by atoms with van der Waals surface area (Å²) in [6.07, 6.45) is -0.0616. The number of hydrogen-bond donors (Lipinski definition) is 1. The van der Waals surface area contributed by atoms with Crippen LogP contribution in [0.4, 0.5) is 0 Å². The Balaban J connectivity index is 1.48. The number of nitrogens with zero attached hydrogens (tertiary/aromatic N) is 1. The molecule has 0 unspecified atom stereocenters. The lowest BCUT2D eigenvalue weighted by Crippen LogP contribution is -2.74. The summed E-state index contributed by atoms with van der Waals surface area (Å²) in [5, 5.41) is 12.3. The number of ketones is 1. The van der Waals surface area contributed by atoms with Crippen molar-refractivity contribution < 1.29 is 48.0 Å². The van der Waals surface area contributed by atoms with Crippen molar-refractivity contribution >= 4 is 30.0 Å². The zero-order chi connectivity index (χ0) is 29.1. The van der Waals surface area contributed by atoms with Crippen LogP contribution >= 0.6 is 0 Å². The van der Waals surface area contributed by atoms with Crippen molar-refractivity contribution in [1.29, 1.82) is 0 Å². The maximum atomic E-state index is 13.4. The van der Waals surface area contributed by atoms with E-state index in [-0.39, 0.29) is 18.2 Å². The summed E-state index contributed by atoms with van der Waals surface area (Å²) in [7, 11) is 1.97. The summed E-state index contributed by atoms with van der Waals surface area (Å²) in [5.41, 5.74) is -0.0895. The molecule has 0 amide bonds. The molecule has 2 aliphatic carbocycles. The van der Waals surface area contributed by atoms with E-state index in [1.165, 1.54) is 20.8 Å². The molecular formula is C29H33NO10. The van der Waals surface area contributed by atoms with Gasteiger partial charge in [0.05, 0.1) is 16.6 Å². The number of aliphatic hydroxyl groups is 1. The van der Waals surface area contributed by atoms with Crippen LogP contribution < -0.4 is 4.74 Å². The van der Waals surface area contributed by atoms with Crippen molar-refractivity contribution in [3.8, 4) is 5.75 Å². The molecule has 2 heterocycles. The molecule has 1 N–H and O–H groups in total. The van der Waals surface area contributed by atoms with Crippen molar-refractivity contribution in [3.63, 3.8) is 0 Å². The quantitative estimate of drug-likeness (QED) is 0.282. The Kier molecular flexibility index (Phi) is 6.86. The van der Waals surface area contributed by atoms with Gasteiger partial charge in [-0.15, -0.1) is 0 Å². The molecule has 2 bridgehead atoms. The van der Waals surface area contributed by atoms with Gasteiger partial charge in [-0.2, -0.15) is 0 Å². The molecule has 214 valence electrons. The number of aldehydes is 1. The normalized spacial score (nSPS) is 30.0. The first-order valence-corrected chi connectivity index (χ1v) is 13.4. The second-order valence-electron chi connectivity index (χ2n) is 11.2. The minimum absolute atomic E-state index is 0.151. The minimum atomic E-state index is -1.65. The lowest BCUT2D eigenvalue weighted by atomic mass is 9.50. The van der Waals surface area contributed by atoms with E-state index in [4.69, 9.17) is 18.9 Å². The highest BCUT2D eigenvalue weighted by atomic mass is 16.6. The number of esters is 3. The molecule has 1 saturated heterocycles. The van der Waals surface area contributed by atoms with E-state index in [0.717, 1.165) is 18.1 Å². The molecule has 0 radical (unpaired) electrons. The second kappa shape index (κ2) is 9.81. The molecular weight excluding hydrogens is 522 g/mol. The third kappa shape index (κ3) is 3.97. The number of likely N-dealkylation sites (tertiary alicyclic amines) is 1. The van der Waals surface area contributed by atoms with Gasteiger partial charge in [0.25, 0.3) is 0 Å². The Morgan fingerprint density at radius 3 is 2.52 bits per heavy atom. The fourth-order valence-corrected chi connectivity index (χ4v) is 6.76. The van der Waals surface area contributed by atoms with Gasteiger partial charge in [0, 0.05) is 24.9 Å². The van der Waals surface area contributed by atoms with E-state index in [9.17, 15) is 29.1 Å². The van der Waals surface area contributed by atoms with Crippen LogP contribution in [0.3, 0.4) is 0 Å². The van der Waals surface area contributed by atoms with E-state index >= 15 is 0 Å². The number of Topliss-reactive ketones (excluding diaryl/α,β-unsaturated/α-hetero) is 1. The Hall–Kier alpha value is -3.57. The third-order valence-electron chi connectivity index (χ3n) is 8.97. The number of ether oxygens (including phenoxy) is 4. The van der Waals surface area contributed by atoms with Crippen molar-refractivity contribution in [1.82, 2.24) is 4.90 Å². The van der Waals surface area contributed by atoms with E-state index in [1.807, 2.05) is 13.1 Å². The van der Waals surface area contributed by atoms with Gasteiger partial charge in [-0.1, -0.05) is 6.07 Å². The molecule has 0 aromatic heterocycles. The Labute approximate surface area is 231 Å². The maximum Gasteiger partial charge on any atom is 0.349 e. The molecule has 40 heavy (non-hydrogen) atoms. The molecule has 11 heteroatoms. The molecule has 4 aliphatic rings. The summed E-state index contributed by atoms with van der Waals surface area (Å²) in [5.74, 6) is -3.93. The molecule has 5 rings (SSSR count). The van der Waals surface area contributed by atoms with Crippen molar-refractivity contribution in [2.45, 2.75) is 82.3 Å². The first-order valence-electron chi connectivity index (χ1n) is 13.4. The molecule has 7 atom stereocenters. The second-order valence-corrected chi connectivity index (χ2v) is 11.2. The molecule has 1 aromatic rings. The Morgan fingerprint density at radius 1 is 1.15 bits per heavy atom. The van der Waals surface area contributed by atoms with Crippen LogP contribution in [-0.2, 0) is 45.2 Å². The molecule has 2 aliphatic heterocycles. The number of likely N-dealkylation sites (N-methyl/N-ethyl adjacent to an activating group) is 1. The first-order chi connectivity index (χ1) is 18.9. The van der Waals surface area contributed by atoms with E-state index < -0.39 is 58.9 Å². The van der Waals surface area contributed by atoms with Gasteiger partial charge in [0.2, 0.25) is 6.10 Å². The number of hydrogen-bond acceptors (Lipinski definition) is 11. The average molecular weight is 556 g/mol. The topological polar surface area (TPSA) is 146 Å². The number of carbonyl (C=O) groups is 5. The predicted octanol–water partition coefficient (Wildman–Crippen LogP) is 1.41. The largest absolute Gasteiger partial charge is 0.480 e. The summed E-state index contributed by atoms with van der Waals surface area (Å²) in [6, 6.07) is 3.38. The van der Waals surface area contributed by atoms with Crippen molar-refractivity contribution in [2.24, 2.45) is 5.92 Å². The molecule has 0 saturated carbocycles. The lowest BCUT2D eigenvalue weighted by Gasteiger charge is -2.61. The zero-order valence-corrected chi connectivity index (χ0v) is 23.1. The van der Waals surface area contributed by atoms with Crippen LogP contribution in [0, 0.1) is 5.92 Å². The van der Waals surface area contributed by atoms with Crippen molar-refractivity contribution in [2.75, 3.05) is 13.6 Å². The van der Waals surface area contributed by atoms with Crippen LogP contribution in [0.1, 0.15) is 62.0 Å². The lowest BCUT2D eigenvalue weighted by molar-refractivity contribution is -0.181. The standard InChI is InChI=1S/C29H33NO10/c1-14(23(38-17(4)33)27(35)37-16(3)15(2)32)26(34)39-20-8-9-29(36)21-12-18-6-7-19(13-31)24-22(18)28(29,25(20)40-24)10-11-30(21)5/h6-8,13-14,16,21,23,25,36H,9-12H2,1-5H3/t14-,16-,21+,23-,25-,28-,29+/m0/s1. The van der Waals surface area contributed by atoms with Crippen LogP contribution in [-0.4, -0.2) is 83.5 Å². The summed E-state index contributed by atoms with van der Waals surface area (Å²) < 4.78 is 22.4. The number of benzene rings is 1. The van der Waals surface area contributed by atoms with Gasteiger partial charge >= 0.3 is 17.9 Å². The smallest absolute Gasteiger partial charge is 0.349 e. The highest BCUT2D eigenvalue weighted by molar-refractivity contribution is 5.89. The maximum absolute atomic E-state index is 13.4. The Bertz CT molecular complexity index is 1340. The van der Waals surface area contributed by atoms with Gasteiger partial charge in [0.1, 0.15) is 17.4 Å². The van der Waals surface area contributed by atoms with Crippen LogP contribution in [0.25, 0.3) is 0 Å². The summed E-state index contributed by atoms with van der Waals surface area (Å²) in [6.45, 7) is 5.71. The number of piperidine rings is 1. The average Bonchev–Trinajstić information content (AvgIpc) is 3.26. The van der Waals surface area contributed by atoms with Crippen molar-refractivity contribution in [3.05, 3.63) is 40.7 Å². The SMILES string of the molecule is CC(=O)O[C@H](C(=O)O[C@@H](C)C(C)=O)[C@H](C)C(=O)OC1=CC[C@@]2(O)[C@H]3Cc4ccc(C=O)c5c4[C@@]2(CCN3C)[C@H]1O5. The van der Waals surface area contributed by atoms with Gasteiger partial charge in [-0.3, -0.25) is 19.2 Å². The summed E-state index contributed by atoms with van der Waals surface area (Å²) in [4.78, 5) is 63.5. The van der Waals surface area contributed by atoms with E-state index in [2.05, 4.69) is 4.90 Å². The molecule has 1 fully saturated rings. The predicted molar refractivity (Wildman–Crippen MR) is 137 cm³/mol. The fourth-order valence-electron chi connectivity index (χ4n) is 6.76. The van der Waals surface area contributed by atoms with E-state index in [0.29, 0.717) is 37.0 Å². The fraction of sp³-hybridized carbons (Fsp3) is 0.552. The molecule has 1 aromatic carbocycles. The third-order valence-corrected chi connectivity index (χ3v) is 8.97. The van der Waals surface area contributed by atoms with E-state index in [1.54, 1.807) is 12.1 Å². The minimum Gasteiger partial charge on any atom is -0.480 e. The van der Waals surface area contributed by atoms with Crippen LogP contribution in [0.2, 0.25) is 0 Å². The van der Waals surface area contributed by atoms with Crippen LogP contribution in [0.15, 0.2) is 24.0 Å². The monoisotopic (exact) mass is 555 g/mol. The highest BCUT2D eigenvalue weighted by Crippen LogP contribution is 2.64. The first kappa shape index (κ1) is 28.0. The summed E-state index contributed by atoms with van der Waals surface area (Å²) >= 11 is 0.